The van der Waals surface area contributed by atoms with Crippen LogP contribution in [0.1, 0.15) is 5.56 Å². The number of nitrogens with zero attached hydrogens (tertiary/aromatic N) is 3. The average Bonchev–Trinajstić information content (AvgIpc) is 2.77. The summed E-state index contributed by atoms with van der Waals surface area (Å²) in [4.78, 5) is 22.0. The van der Waals surface area contributed by atoms with Crippen molar-refractivity contribution in [1.29, 1.82) is 0 Å². The minimum Gasteiger partial charge on any atom is -0.324 e. The first-order chi connectivity index (χ1) is 9.45. The summed E-state index contributed by atoms with van der Waals surface area (Å²) in [5.41, 5.74) is 1.18. The highest BCUT2D eigenvalue weighted by Gasteiger charge is 2.10. The van der Waals surface area contributed by atoms with Crippen molar-refractivity contribution in [3.8, 4) is 0 Å². The van der Waals surface area contributed by atoms with Gasteiger partial charge in [-0.3, -0.25) is 19.6 Å². The molecule has 0 aliphatic carbocycles. The molecule has 0 aliphatic heterocycles. The van der Waals surface area contributed by atoms with Gasteiger partial charge in [-0.1, -0.05) is 0 Å². The number of hydrogen-bond acceptors (Lipinski definition) is 4. The number of amides is 1. The highest BCUT2D eigenvalue weighted by atomic mass is 79.9. The second-order valence-corrected chi connectivity index (χ2v) is 5.08. The molecule has 0 unspecified atom stereocenters. The molecule has 2 aromatic rings. The molecule has 0 saturated heterocycles. The lowest BCUT2D eigenvalue weighted by Crippen LogP contribution is -2.19. The first-order valence-corrected chi connectivity index (χ1v) is 6.48. The number of nitro benzene ring substituents is 1. The van der Waals surface area contributed by atoms with E-state index in [1.807, 2.05) is 0 Å². The minimum atomic E-state index is -0.472. The molecule has 8 heteroatoms. The van der Waals surface area contributed by atoms with Crippen LogP contribution in [0.25, 0.3) is 0 Å². The van der Waals surface area contributed by atoms with E-state index < -0.39 is 4.92 Å². The molecule has 2 rings (SSSR count). The van der Waals surface area contributed by atoms with Gasteiger partial charge < -0.3 is 5.32 Å². The maximum absolute atomic E-state index is 11.8. The standard InChI is InChI=1S/C12H11BrN4O3/c1-8-4-10(17(19)20)2-3-11(8)15-12(18)7-16-6-9(13)5-14-16/h2-6H,7H2,1H3,(H,15,18). The summed E-state index contributed by atoms with van der Waals surface area (Å²) in [6, 6.07) is 4.29. The average molecular weight is 339 g/mol. The Labute approximate surface area is 122 Å². The van der Waals surface area contributed by atoms with Gasteiger partial charge in [0.05, 0.1) is 15.6 Å². The molecule has 0 fully saturated rings. The first kappa shape index (κ1) is 14.2. The number of nitrogens with one attached hydrogen (secondary N) is 1. The predicted molar refractivity (Wildman–Crippen MR) is 76.4 cm³/mol. The lowest BCUT2D eigenvalue weighted by Gasteiger charge is -2.08. The van der Waals surface area contributed by atoms with Crippen molar-refractivity contribution in [3.63, 3.8) is 0 Å². The van der Waals surface area contributed by atoms with E-state index in [4.69, 9.17) is 0 Å². The third-order valence-electron chi connectivity index (χ3n) is 2.60. The van der Waals surface area contributed by atoms with E-state index in [-0.39, 0.29) is 18.1 Å². The van der Waals surface area contributed by atoms with Gasteiger partial charge >= 0.3 is 0 Å². The molecular formula is C12H11BrN4O3. The number of carbonyl (C=O) groups is 1. The quantitative estimate of drug-likeness (QED) is 0.684. The fraction of sp³-hybridized carbons (Fsp3) is 0.167. The third kappa shape index (κ3) is 3.41. The van der Waals surface area contributed by atoms with E-state index >= 15 is 0 Å². The molecule has 7 nitrogen and oxygen atoms in total. The van der Waals surface area contributed by atoms with E-state index in [9.17, 15) is 14.9 Å². The van der Waals surface area contributed by atoms with Crippen LogP contribution in [0.5, 0.6) is 0 Å². The molecule has 0 atom stereocenters. The Morgan fingerprint density at radius 3 is 2.85 bits per heavy atom. The number of rotatable bonds is 4. The van der Waals surface area contributed by atoms with Gasteiger partial charge in [0.2, 0.25) is 5.91 Å². The van der Waals surface area contributed by atoms with Gasteiger partial charge in [-0.2, -0.15) is 5.10 Å². The molecule has 1 N–H and O–H groups in total. The van der Waals surface area contributed by atoms with E-state index in [1.165, 1.54) is 22.9 Å². The Balaban J connectivity index is 2.06. The van der Waals surface area contributed by atoms with Gasteiger partial charge in [0.25, 0.3) is 5.69 Å². The normalized spacial score (nSPS) is 10.3. The monoisotopic (exact) mass is 338 g/mol. The Morgan fingerprint density at radius 2 is 2.30 bits per heavy atom. The van der Waals surface area contributed by atoms with Gasteiger partial charge in [-0.25, -0.2) is 0 Å². The zero-order valence-corrected chi connectivity index (χ0v) is 12.1. The third-order valence-corrected chi connectivity index (χ3v) is 3.01. The zero-order chi connectivity index (χ0) is 14.7. The Bertz CT molecular complexity index is 668. The van der Waals surface area contributed by atoms with Crippen molar-refractivity contribution in [1.82, 2.24) is 9.78 Å². The fourth-order valence-electron chi connectivity index (χ4n) is 1.66. The fourth-order valence-corrected chi connectivity index (χ4v) is 1.99. The molecule has 0 spiro atoms. The molecule has 0 aliphatic rings. The SMILES string of the molecule is Cc1cc([N+](=O)[O-])ccc1NC(=O)Cn1cc(Br)cn1. The van der Waals surface area contributed by atoms with Crippen molar-refractivity contribution in [2.24, 2.45) is 0 Å². The largest absolute Gasteiger partial charge is 0.324 e. The molecule has 1 aromatic heterocycles. The van der Waals surface area contributed by atoms with Gasteiger partial charge in [0, 0.05) is 24.0 Å². The van der Waals surface area contributed by atoms with Crippen molar-refractivity contribution in [2.45, 2.75) is 13.5 Å². The van der Waals surface area contributed by atoms with E-state index in [1.54, 1.807) is 19.3 Å². The van der Waals surface area contributed by atoms with E-state index in [0.29, 0.717) is 11.3 Å². The van der Waals surface area contributed by atoms with Crippen molar-refractivity contribution in [2.75, 3.05) is 5.32 Å². The first-order valence-electron chi connectivity index (χ1n) is 5.68. The highest BCUT2D eigenvalue weighted by molar-refractivity contribution is 9.10. The van der Waals surface area contributed by atoms with Gasteiger partial charge in [-0.05, 0) is 34.5 Å². The van der Waals surface area contributed by atoms with Crippen LogP contribution in [0.3, 0.4) is 0 Å². The summed E-state index contributed by atoms with van der Waals surface area (Å²) >= 11 is 3.24. The molecule has 0 radical (unpaired) electrons. The van der Waals surface area contributed by atoms with Crippen molar-refractivity contribution in [3.05, 3.63) is 50.7 Å². The van der Waals surface area contributed by atoms with E-state index in [0.717, 1.165) is 4.47 Å². The van der Waals surface area contributed by atoms with Gasteiger partial charge in [0.1, 0.15) is 6.54 Å². The van der Waals surface area contributed by atoms with Crippen molar-refractivity contribution < 1.29 is 9.72 Å². The van der Waals surface area contributed by atoms with Crippen LogP contribution in [0.2, 0.25) is 0 Å². The van der Waals surface area contributed by atoms with Gasteiger partial charge in [0.15, 0.2) is 0 Å². The summed E-state index contributed by atoms with van der Waals surface area (Å²) in [5, 5.41) is 17.3. The summed E-state index contributed by atoms with van der Waals surface area (Å²) in [7, 11) is 0. The molecule has 1 aromatic carbocycles. The van der Waals surface area contributed by atoms with Crippen LogP contribution in [0, 0.1) is 17.0 Å². The van der Waals surface area contributed by atoms with Crippen LogP contribution in [-0.4, -0.2) is 20.6 Å². The Hall–Kier alpha value is -2.22. The second-order valence-electron chi connectivity index (χ2n) is 4.16. The number of benzene rings is 1. The molecule has 0 bridgehead atoms. The van der Waals surface area contributed by atoms with Crippen LogP contribution in [0.4, 0.5) is 11.4 Å². The van der Waals surface area contributed by atoms with Crippen LogP contribution in [0.15, 0.2) is 35.1 Å². The summed E-state index contributed by atoms with van der Waals surface area (Å²) in [5.74, 6) is -0.252. The number of non-ortho nitro benzene ring substituents is 1. The Morgan fingerprint density at radius 1 is 1.55 bits per heavy atom. The smallest absolute Gasteiger partial charge is 0.269 e. The van der Waals surface area contributed by atoms with E-state index in [2.05, 4.69) is 26.3 Å². The minimum absolute atomic E-state index is 0.00324. The zero-order valence-electron chi connectivity index (χ0n) is 10.5. The molecule has 104 valence electrons. The molecular weight excluding hydrogens is 328 g/mol. The Kier molecular flexibility index (Phi) is 4.14. The molecule has 0 saturated carbocycles. The highest BCUT2D eigenvalue weighted by Crippen LogP contribution is 2.21. The topological polar surface area (TPSA) is 90.1 Å². The number of hydrogen-bond donors (Lipinski definition) is 1. The molecule has 1 amide bonds. The lowest BCUT2D eigenvalue weighted by molar-refractivity contribution is -0.384. The maximum atomic E-state index is 11.8. The number of aromatic nitrogens is 2. The molecule has 1 heterocycles. The molecule has 20 heavy (non-hydrogen) atoms. The lowest BCUT2D eigenvalue weighted by atomic mass is 10.2. The summed E-state index contributed by atoms with van der Waals surface area (Å²) in [6.07, 6.45) is 3.27. The van der Waals surface area contributed by atoms with Crippen LogP contribution >= 0.6 is 15.9 Å². The number of aryl methyl sites for hydroxylation is 1. The maximum Gasteiger partial charge on any atom is 0.269 e. The van der Waals surface area contributed by atoms with Gasteiger partial charge in [-0.15, -0.1) is 0 Å². The summed E-state index contributed by atoms with van der Waals surface area (Å²) in [6.45, 7) is 1.77. The summed E-state index contributed by atoms with van der Waals surface area (Å²) < 4.78 is 2.27. The second kappa shape index (κ2) is 5.83. The number of halogens is 1. The predicted octanol–water partition coefficient (Wildman–Crippen LogP) is 2.50. The van der Waals surface area contributed by atoms with Crippen molar-refractivity contribution >= 4 is 33.2 Å². The van der Waals surface area contributed by atoms with Crippen LogP contribution in [-0.2, 0) is 11.3 Å². The number of nitro groups is 1. The number of anilines is 1. The van der Waals surface area contributed by atoms with Crippen LogP contribution < -0.4 is 5.32 Å². The number of carbonyl (C=O) groups excluding carboxylic acids is 1.